The number of pyridine rings is 1. The Bertz CT molecular complexity index is 1920. The molecule has 53 heavy (non-hydrogen) atoms. The van der Waals surface area contributed by atoms with Crippen molar-refractivity contribution < 1.29 is 55.7 Å². The zero-order valence-corrected chi connectivity index (χ0v) is 27.5. The number of rotatable bonds is 3. The highest BCUT2D eigenvalue weighted by Gasteiger charge is 2.39. The first-order chi connectivity index (χ1) is 24.9. The molecule has 0 aliphatic carbocycles. The van der Waals surface area contributed by atoms with E-state index in [0.717, 1.165) is 22.5 Å². The number of aromatic nitrogens is 5. The normalized spacial score (nSPS) is 14.8. The largest absolute Gasteiger partial charge is 0.490 e. The number of benzene rings is 1. The van der Waals surface area contributed by atoms with Crippen molar-refractivity contribution in [2.24, 2.45) is 0 Å². The number of anilines is 5. The third-order valence-corrected chi connectivity index (χ3v) is 7.40. The molecule has 2 aliphatic rings. The molecule has 1 aromatic carbocycles. The van der Waals surface area contributed by atoms with Crippen LogP contribution in [0.5, 0.6) is 0 Å². The molecule has 7 N–H and O–H groups in total. The number of aromatic amines is 1. The van der Waals surface area contributed by atoms with Crippen molar-refractivity contribution in [2.45, 2.75) is 37.7 Å². The molecule has 0 unspecified atom stereocenters. The van der Waals surface area contributed by atoms with E-state index in [2.05, 4.69) is 46.4 Å². The van der Waals surface area contributed by atoms with Gasteiger partial charge in [-0.1, -0.05) is 11.6 Å². The van der Waals surface area contributed by atoms with Gasteiger partial charge in [-0.3, -0.25) is 14.9 Å². The summed E-state index contributed by atoms with van der Waals surface area (Å²) in [5, 5.41) is 33.6. The lowest BCUT2D eigenvalue weighted by molar-refractivity contribution is -0.193. The number of carbonyl (C=O) groups is 4. The number of aryl methyl sites for hydroxylation is 2. The second kappa shape index (κ2) is 16.9. The predicted molar refractivity (Wildman–Crippen MR) is 174 cm³/mol. The highest BCUT2D eigenvalue weighted by Crippen LogP contribution is 2.29. The van der Waals surface area contributed by atoms with Gasteiger partial charge in [0.25, 0.3) is 5.91 Å². The number of alkyl halides is 6. The summed E-state index contributed by atoms with van der Waals surface area (Å²) in [7, 11) is 0. The summed E-state index contributed by atoms with van der Waals surface area (Å²) in [5.74, 6) is -4.79. The van der Waals surface area contributed by atoms with E-state index < -0.39 is 24.3 Å². The van der Waals surface area contributed by atoms with Crippen LogP contribution in [0.15, 0.2) is 55.1 Å². The molecule has 5 heterocycles. The molecular weight excluding hydrogens is 746 g/mol. The predicted octanol–water partition coefficient (Wildman–Crippen LogP) is 5.14. The van der Waals surface area contributed by atoms with Gasteiger partial charge >= 0.3 is 30.3 Å². The van der Waals surface area contributed by atoms with E-state index in [-0.39, 0.29) is 18.0 Å². The molecule has 23 heteroatoms. The molecule has 0 spiro atoms. The number of H-pyrrole nitrogens is 1. The van der Waals surface area contributed by atoms with Gasteiger partial charge in [-0.25, -0.2) is 19.4 Å². The molecule has 6 bridgehead atoms. The Morgan fingerprint density at radius 2 is 1.60 bits per heavy atom. The first kappa shape index (κ1) is 39.6. The molecule has 4 aromatic rings. The number of carboxylic acid groups (broad SMARTS) is 2. The van der Waals surface area contributed by atoms with Crippen LogP contribution in [0, 0.1) is 0 Å². The number of amides is 3. The molecule has 3 amide bonds. The van der Waals surface area contributed by atoms with Crippen LogP contribution in [0.3, 0.4) is 0 Å². The summed E-state index contributed by atoms with van der Waals surface area (Å²) < 4.78 is 63.5. The smallest absolute Gasteiger partial charge is 0.475 e. The Balaban J connectivity index is 0.000000381. The van der Waals surface area contributed by atoms with Crippen molar-refractivity contribution in [2.75, 3.05) is 29.0 Å². The van der Waals surface area contributed by atoms with Crippen LogP contribution in [0.1, 0.15) is 28.0 Å². The van der Waals surface area contributed by atoms with Crippen LogP contribution in [0.2, 0.25) is 5.02 Å². The fourth-order valence-corrected chi connectivity index (χ4v) is 4.84. The number of urea groups is 1. The van der Waals surface area contributed by atoms with E-state index in [0.29, 0.717) is 60.5 Å². The number of nitrogens with zero attached hydrogens (tertiary/aromatic N) is 5. The van der Waals surface area contributed by atoms with Gasteiger partial charge in [0, 0.05) is 42.9 Å². The van der Waals surface area contributed by atoms with Gasteiger partial charge in [0.05, 0.1) is 18.1 Å². The zero-order chi connectivity index (χ0) is 38.9. The second-order valence-electron chi connectivity index (χ2n) is 11.0. The number of hydrogen-bond acceptors (Lipinski definition) is 10. The summed E-state index contributed by atoms with van der Waals surface area (Å²) in [4.78, 5) is 58.1. The number of fused-ring (bicyclic) bond motifs is 6. The highest BCUT2D eigenvalue weighted by molar-refractivity contribution is 6.32. The number of nitrogens with one attached hydrogen (secondary N) is 5. The lowest BCUT2D eigenvalue weighted by Crippen LogP contribution is -2.40. The molecule has 1 saturated heterocycles. The van der Waals surface area contributed by atoms with Crippen LogP contribution in [0.4, 0.5) is 60.0 Å². The van der Waals surface area contributed by atoms with Gasteiger partial charge in [-0.05, 0) is 60.7 Å². The van der Waals surface area contributed by atoms with Crippen molar-refractivity contribution in [3.63, 3.8) is 0 Å². The summed E-state index contributed by atoms with van der Waals surface area (Å²) in [6.45, 7) is 0.990. The lowest BCUT2D eigenvalue weighted by atomic mass is 10.0. The Morgan fingerprint density at radius 1 is 0.906 bits per heavy atom. The van der Waals surface area contributed by atoms with Crippen LogP contribution in [0.25, 0.3) is 0 Å². The van der Waals surface area contributed by atoms with E-state index in [1.54, 1.807) is 23.4 Å². The minimum atomic E-state index is -5.08. The van der Waals surface area contributed by atoms with Crippen LogP contribution >= 0.6 is 11.6 Å². The Kier molecular flexibility index (Phi) is 12.6. The molecule has 2 aliphatic heterocycles. The number of aliphatic carboxylic acids is 2. The Morgan fingerprint density at radius 3 is 2.25 bits per heavy atom. The molecule has 16 nitrogen and oxygen atoms in total. The molecule has 0 saturated carbocycles. The second-order valence-corrected chi connectivity index (χ2v) is 11.4. The number of carbonyl (C=O) groups excluding carboxylic acids is 2. The average Bonchev–Trinajstić information content (AvgIpc) is 3.79. The van der Waals surface area contributed by atoms with Crippen molar-refractivity contribution in [1.29, 1.82) is 0 Å². The topological polar surface area (TPSA) is 227 Å². The highest BCUT2D eigenvalue weighted by atomic mass is 35.5. The maximum atomic E-state index is 13.0. The maximum Gasteiger partial charge on any atom is 0.490 e. The summed E-state index contributed by atoms with van der Waals surface area (Å²) in [5.41, 5.74) is 4.62. The van der Waals surface area contributed by atoms with E-state index >= 15 is 0 Å². The zero-order valence-electron chi connectivity index (χ0n) is 26.7. The van der Waals surface area contributed by atoms with Crippen molar-refractivity contribution in [3.8, 4) is 0 Å². The Hall–Kier alpha value is -6.19. The van der Waals surface area contributed by atoms with Crippen LogP contribution in [-0.4, -0.2) is 95.6 Å². The van der Waals surface area contributed by atoms with Crippen molar-refractivity contribution >= 4 is 64.3 Å². The Labute approximate surface area is 299 Å². The molecule has 1 fully saturated rings. The van der Waals surface area contributed by atoms with Gasteiger partial charge in [0.1, 0.15) is 10.7 Å². The van der Waals surface area contributed by atoms with Gasteiger partial charge in [0.15, 0.2) is 5.82 Å². The van der Waals surface area contributed by atoms with E-state index in [9.17, 15) is 35.9 Å². The monoisotopic (exact) mass is 772 g/mol. The van der Waals surface area contributed by atoms with Gasteiger partial charge in [0.2, 0.25) is 5.95 Å². The SMILES string of the molecule is O=C(Nc1ccc2cc1CCc1cncc(c1)Nc1ncc(Cl)c(n1)N2)N[C@H]1CCN(C(=O)c2ccn[nH]2)C1.O=C(O)C(F)(F)F.O=C(O)C(F)(F)F. The summed E-state index contributed by atoms with van der Waals surface area (Å²) in [6.07, 6.45) is -1.54. The molecule has 3 aromatic heterocycles. The molecule has 1 atom stereocenters. The standard InChI is InChI=1S/C26H25ClN10O2.2C2HF3O2/c27-20-13-29-25-32-19-9-15(11-28-12-19)1-2-16-10-17(31-23(20)35-25)3-4-21(16)34-26(39)33-18-6-8-37(14-18)24(38)22-5-7-30-36-22;2*3-2(4,5)1(6)7/h3-5,7,9-13,18H,1-2,6,8,14H2,(H,30,36)(H2,33,34,39)(H2,29,31,32,35);2*(H,6,7)/t18-;;/m0../s1. The first-order valence-electron chi connectivity index (χ1n) is 15.0. The number of carboxylic acids is 2. The van der Waals surface area contributed by atoms with Crippen LogP contribution in [-0.2, 0) is 22.4 Å². The van der Waals surface area contributed by atoms with E-state index in [4.69, 9.17) is 31.4 Å². The number of hydrogen-bond donors (Lipinski definition) is 7. The van der Waals surface area contributed by atoms with Gasteiger partial charge in [-0.2, -0.15) is 36.4 Å². The van der Waals surface area contributed by atoms with E-state index in [1.165, 1.54) is 6.20 Å². The van der Waals surface area contributed by atoms with Gasteiger partial charge < -0.3 is 36.4 Å². The first-order valence-corrected chi connectivity index (χ1v) is 15.4. The minimum absolute atomic E-state index is 0.129. The maximum absolute atomic E-state index is 13.0. The van der Waals surface area contributed by atoms with Crippen molar-refractivity contribution in [3.05, 3.63) is 77.0 Å². The molecule has 0 radical (unpaired) electrons. The number of likely N-dealkylation sites (tertiary alicyclic amines) is 1. The van der Waals surface area contributed by atoms with Crippen LogP contribution < -0.4 is 21.3 Å². The third-order valence-electron chi connectivity index (χ3n) is 7.12. The summed E-state index contributed by atoms with van der Waals surface area (Å²) in [6, 6.07) is 8.83. The molecule has 6 rings (SSSR count). The average molecular weight is 773 g/mol. The lowest BCUT2D eigenvalue weighted by Gasteiger charge is -2.18. The number of halogens is 7. The fraction of sp³-hybridized carbons (Fsp3) is 0.267. The van der Waals surface area contributed by atoms with E-state index in [1.807, 2.05) is 30.5 Å². The van der Waals surface area contributed by atoms with Gasteiger partial charge in [-0.15, -0.1) is 0 Å². The van der Waals surface area contributed by atoms with Crippen molar-refractivity contribution in [1.82, 2.24) is 35.4 Å². The summed E-state index contributed by atoms with van der Waals surface area (Å²) >= 11 is 6.35. The fourth-order valence-electron chi connectivity index (χ4n) is 4.70. The molecular formula is C30H27ClF6N10O6. The quantitative estimate of drug-likeness (QED) is 0.134. The molecule has 282 valence electrons. The minimum Gasteiger partial charge on any atom is -0.475 e. The third kappa shape index (κ3) is 11.7.